The summed E-state index contributed by atoms with van der Waals surface area (Å²) in [6, 6.07) is 14.0. The molecule has 0 aliphatic heterocycles. The van der Waals surface area contributed by atoms with Crippen LogP contribution in [0.5, 0.6) is 0 Å². The van der Waals surface area contributed by atoms with Crippen LogP contribution >= 0.6 is 0 Å². The van der Waals surface area contributed by atoms with E-state index in [0.29, 0.717) is 17.7 Å². The lowest BCUT2D eigenvalue weighted by atomic mass is 10.1. The molecule has 0 saturated carbocycles. The third-order valence-electron chi connectivity index (χ3n) is 5.11. The second-order valence-corrected chi connectivity index (χ2v) is 7.44. The Labute approximate surface area is 190 Å². The molecule has 4 rings (SSSR count). The van der Waals surface area contributed by atoms with Crippen LogP contribution in [0.2, 0.25) is 0 Å². The number of nitrogens with zero attached hydrogens (tertiary/aromatic N) is 6. The predicted molar refractivity (Wildman–Crippen MR) is 121 cm³/mol. The van der Waals surface area contributed by atoms with Gasteiger partial charge in [-0.25, -0.2) is 19.3 Å². The van der Waals surface area contributed by atoms with Gasteiger partial charge < -0.3 is 10.6 Å². The Morgan fingerprint density at radius 3 is 1.79 bits per heavy atom. The van der Waals surface area contributed by atoms with Crippen LogP contribution in [0.3, 0.4) is 0 Å². The number of hydrogen-bond acceptors (Lipinski definition) is 6. The van der Waals surface area contributed by atoms with E-state index in [-0.39, 0.29) is 17.9 Å². The van der Waals surface area contributed by atoms with Gasteiger partial charge in [-0.2, -0.15) is 10.2 Å². The molecule has 0 bridgehead atoms. The molecule has 0 saturated heterocycles. The van der Waals surface area contributed by atoms with Crippen LogP contribution in [0.15, 0.2) is 73.8 Å². The van der Waals surface area contributed by atoms with Crippen molar-refractivity contribution in [2.24, 2.45) is 0 Å². The molecule has 33 heavy (non-hydrogen) atoms. The molecule has 10 nitrogen and oxygen atoms in total. The fraction of sp³-hybridized carbons (Fsp3) is 0.217. The molecule has 2 aromatic heterocycles. The van der Waals surface area contributed by atoms with Gasteiger partial charge in [0.2, 0.25) is 0 Å². The van der Waals surface area contributed by atoms with Crippen molar-refractivity contribution in [3.8, 4) is 11.4 Å². The highest BCUT2D eigenvalue weighted by atomic mass is 16.2. The average Bonchev–Trinajstić information content (AvgIpc) is 3.57. The Balaban J connectivity index is 1.33. The zero-order valence-corrected chi connectivity index (χ0v) is 18.1. The van der Waals surface area contributed by atoms with E-state index >= 15 is 0 Å². The van der Waals surface area contributed by atoms with Crippen molar-refractivity contribution in [1.82, 2.24) is 40.2 Å². The number of hydrogen-bond donors (Lipinski definition) is 2. The second kappa shape index (κ2) is 10.3. The standard InChI is InChI=1S/C23H24N8O2/c1-2-3-19(29-23(33)18-6-10-21(11-7-18)31-16-25-14-28-31)12-26-22(32)17-4-8-20(9-5-17)30-15-24-13-27-30/h4-11,13-16,19H,2-3,12H2,1H3,(H,26,32)(H,29,33). The lowest BCUT2D eigenvalue weighted by Crippen LogP contribution is -2.43. The summed E-state index contributed by atoms with van der Waals surface area (Å²) in [6.07, 6.45) is 7.71. The Bertz CT molecular complexity index is 1170. The van der Waals surface area contributed by atoms with E-state index in [1.54, 1.807) is 58.4 Å². The number of carbonyl (C=O) groups is 2. The Kier molecular flexibility index (Phi) is 6.84. The van der Waals surface area contributed by atoms with Crippen LogP contribution in [0.25, 0.3) is 11.4 Å². The molecule has 4 aromatic rings. The van der Waals surface area contributed by atoms with Gasteiger partial charge in [-0.05, 0) is 55.0 Å². The zero-order valence-electron chi connectivity index (χ0n) is 18.1. The van der Waals surface area contributed by atoms with Crippen LogP contribution in [0.1, 0.15) is 40.5 Å². The summed E-state index contributed by atoms with van der Waals surface area (Å²) in [7, 11) is 0. The Morgan fingerprint density at radius 1 is 0.818 bits per heavy atom. The van der Waals surface area contributed by atoms with Crippen molar-refractivity contribution in [1.29, 1.82) is 0 Å². The zero-order chi connectivity index (χ0) is 23.0. The molecule has 1 atom stereocenters. The van der Waals surface area contributed by atoms with Gasteiger partial charge in [0.15, 0.2) is 0 Å². The first kappa shape index (κ1) is 21.9. The van der Waals surface area contributed by atoms with Gasteiger partial charge in [-0.1, -0.05) is 13.3 Å². The second-order valence-electron chi connectivity index (χ2n) is 7.44. The van der Waals surface area contributed by atoms with Crippen molar-refractivity contribution < 1.29 is 9.59 Å². The van der Waals surface area contributed by atoms with E-state index in [4.69, 9.17) is 0 Å². The summed E-state index contributed by atoms with van der Waals surface area (Å²) in [5, 5.41) is 14.1. The number of amides is 2. The summed E-state index contributed by atoms with van der Waals surface area (Å²) >= 11 is 0. The van der Waals surface area contributed by atoms with E-state index in [1.165, 1.54) is 12.7 Å². The van der Waals surface area contributed by atoms with Crippen molar-refractivity contribution in [2.75, 3.05) is 6.54 Å². The highest BCUT2D eigenvalue weighted by Crippen LogP contribution is 2.10. The van der Waals surface area contributed by atoms with Gasteiger partial charge in [0.05, 0.1) is 11.4 Å². The SMILES string of the molecule is CCCC(CNC(=O)c1ccc(-n2cncn2)cc1)NC(=O)c1ccc(-n2cncn2)cc1. The van der Waals surface area contributed by atoms with Gasteiger partial charge >= 0.3 is 0 Å². The minimum absolute atomic E-state index is 0.184. The van der Waals surface area contributed by atoms with Crippen molar-refractivity contribution in [3.05, 3.63) is 85.0 Å². The molecular weight excluding hydrogens is 420 g/mol. The maximum absolute atomic E-state index is 12.7. The normalized spacial score (nSPS) is 11.7. The van der Waals surface area contributed by atoms with Gasteiger partial charge in [0.25, 0.3) is 11.8 Å². The summed E-state index contributed by atoms with van der Waals surface area (Å²) < 4.78 is 3.24. The monoisotopic (exact) mass is 444 g/mol. The summed E-state index contributed by atoms with van der Waals surface area (Å²) in [5.74, 6) is -0.391. The fourth-order valence-corrected chi connectivity index (χ4v) is 3.37. The van der Waals surface area contributed by atoms with Gasteiger partial charge in [0.1, 0.15) is 25.3 Å². The Morgan fingerprint density at radius 2 is 1.33 bits per heavy atom. The number of nitrogens with one attached hydrogen (secondary N) is 2. The van der Waals surface area contributed by atoms with E-state index in [1.807, 2.05) is 19.1 Å². The molecule has 1 unspecified atom stereocenters. The van der Waals surface area contributed by atoms with Crippen LogP contribution in [0, 0.1) is 0 Å². The first-order chi connectivity index (χ1) is 16.1. The van der Waals surface area contributed by atoms with Crippen LogP contribution < -0.4 is 10.6 Å². The average molecular weight is 444 g/mol. The first-order valence-electron chi connectivity index (χ1n) is 10.6. The maximum Gasteiger partial charge on any atom is 0.251 e. The number of benzene rings is 2. The smallest absolute Gasteiger partial charge is 0.251 e. The van der Waals surface area contributed by atoms with Gasteiger partial charge in [0, 0.05) is 23.7 Å². The lowest BCUT2D eigenvalue weighted by Gasteiger charge is -2.19. The molecular formula is C23H24N8O2. The first-order valence-corrected chi connectivity index (χ1v) is 10.6. The van der Waals surface area contributed by atoms with Crippen LogP contribution in [-0.2, 0) is 0 Å². The summed E-state index contributed by atoms with van der Waals surface area (Å²) in [5.41, 5.74) is 2.70. The molecule has 2 N–H and O–H groups in total. The molecule has 10 heteroatoms. The van der Waals surface area contributed by atoms with E-state index in [9.17, 15) is 9.59 Å². The number of carbonyl (C=O) groups excluding carboxylic acids is 2. The maximum atomic E-state index is 12.7. The summed E-state index contributed by atoms with van der Waals surface area (Å²) in [6.45, 7) is 2.37. The minimum Gasteiger partial charge on any atom is -0.350 e. The fourth-order valence-electron chi connectivity index (χ4n) is 3.37. The Hall–Kier alpha value is -4.34. The quantitative estimate of drug-likeness (QED) is 0.408. The van der Waals surface area contributed by atoms with Gasteiger partial charge in [-0.15, -0.1) is 0 Å². The van der Waals surface area contributed by atoms with Crippen LogP contribution in [-0.4, -0.2) is 53.9 Å². The highest BCUT2D eigenvalue weighted by molar-refractivity contribution is 5.95. The highest BCUT2D eigenvalue weighted by Gasteiger charge is 2.15. The molecule has 168 valence electrons. The van der Waals surface area contributed by atoms with Crippen LogP contribution in [0.4, 0.5) is 0 Å². The molecule has 0 aliphatic rings. The molecule has 0 aliphatic carbocycles. The molecule has 0 radical (unpaired) electrons. The lowest BCUT2D eigenvalue weighted by molar-refractivity contribution is 0.0906. The van der Waals surface area contributed by atoms with E-state index < -0.39 is 0 Å². The molecule has 0 spiro atoms. The summed E-state index contributed by atoms with van der Waals surface area (Å²) in [4.78, 5) is 33.1. The number of aromatic nitrogens is 6. The molecule has 2 heterocycles. The van der Waals surface area contributed by atoms with Crippen molar-refractivity contribution in [3.63, 3.8) is 0 Å². The molecule has 0 fully saturated rings. The van der Waals surface area contributed by atoms with E-state index in [0.717, 1.165) is 24.2 Å². The van der Waals surface area contributed by atoms with Gasteiger partial charge in [-0.3, -0.25) is 9.59 Å². The minimum atomic E-state index is -0.201. The van der Waals surface area contributed by atoms with E-state index in [2.05, 4.69) is 30.8 Å². The molecule has 2 amide bonds. The largest absolute Gasteiger partial charge is 0.350 e. The van der Waals surface area contributed by atoms with Crippen molar-refractivity contribution in [2.45, 2.75) is 25.8 Å². The van der Waals surface area contributed by atoms with Crippen molar-refractivity contribution >= 4 is 11.8 Å². The third kappa shape index (κ3) is 5.48. The molecule has 2 aromatic carbocycles. The topological polar surface area (TPSA) is 120 Å². The number of rotatable bonds is 9. The third-order valence-corrected chi connectivity index (χ3v) is 5.11. The predicted octanol–water partition coefficient (Wildman–Crippen LogP) is 2.18.